The predicted molar refractivity (Wildman–Crippen MR) is 122 cm³/mol. The number of fused-ring (bicyclic) bond motifs is 1. The smallest absolute Gasteiger partial charge is 0.137 e. The molecule has 9 heteroatoms. The van der Waals surface area contributed by atoms with Gasteiger partial charge in [0, 0.05) is 13.7 Å². The summed E-state index contributed by atoms with van der Waals surface area (Å²) in [5.74, 6) is 2.36. The lowest BCUT2D eigenvalue weighted by molar-refractivity contribution is 0.287. The van der Waals surface area contributed by atoms with Crippen LogP contribution in [-0.4, -0.2) is 73.4 Å². The molecule has 0 spiro atoms. The van der Waals surface area contributed by atoms with E-state index < -0.39 is 0 Å². The fourth-order valence-electron chi connectivity index (χ4n) is 3.68. The maximum atomic E-state index is 8.98. The second kappa shape index (κ2) is 10.7. The van der Waals surface area contributed by atoms with Crippen molar-refractivity contribution >= 4 is 29.0 Å². The molecular formula is C21H31ClN6O2. The minimum absolute atomic E-state index is 0.0240. The molecular weight excluding hydrogens is 404 g/mol. The van der Waals surface area contributed by atoms with Gasteiger partial charge < -0.3 is 20.5 Å². The van der Waals surface area contributed by atoms with Crippen LogP contribution in [0.1, 0.15) is 31.7 Å². The highest BCUT2D eigenvalue weighted by atomic mass is 35.5. The standard InChI is InChI=1S/C21H31ClN6O2/c1-4-6-16-19-20(28(2)27-16)21(26-18(25-19)13-23-9-5-10-29)24-12-14-7-8-17(30-3)15(22)11-14/h7-8,11,19-20,23,29H,4-6,9-10,12-13H2,1-3H3,(H,24,25,26). The molecule has 0 amide bonds. The summed E-state index contributed by atoms with van der Waals surface area (Å²) in [4.78, 5) is 9.80. The van der Waals surface area contributed by atoms with Crippen molar-refractivity contribution in [3.8, 4) is 5.75 Å². The van der Waals surface area contributed by atoms with Gasteiger partial charge in [-0.3, -0.25) is 15.0 Å². The van der Waals surface area contributed by atoms with Crippen molar-refractivity contribution in [2.75, 3.05) is 33.9 Å². The van der Waals surface area contributed by atoms with E-state index in [0.29, 0.717) is 30.3 Å². The van der Waals surface area contributed by atoms with Gasteiger partial charge in [0.15, 0.2) is 0 Å². The van der Waals surface area contributed by atoms with Gasteiger partial charge in [0.25, 0.3) is 0 Å². The lowest BCUT2D eigenvalue weighted by Gasteiger charge is -2.31. The fraction of sp³-hybridized carbons (Fsp3) is 0.571. The molecule has 0 saturated carbocycles. The van der Waals surface area contributed by atoms with Crippen LogP contribution in [0.3, 0.4) is 0 Å². The first kappa shape index (κ1) is 22.5. The third-order valence-corrected chi connectivity index (χ3v) is 5.43. The van der Waals surface area contributed by atoms with Crippen LogP contribution in [0, 0.1) is 0 Å². The largest absolute Gasteiger partial charge is 0.495 e. The van der Waals surface area contributed by atoms with Gasteiger partial charge in [-0.1, -0.05) is 31.0 Å². The third-order valence-electron chi connectivity index (χ3n) is 5.14. The van der Waals surface area contributed by atoms with Crippen molar-refractivity contribution in [2.24, 2.45) is 15.1 Å². The molecule has 0 aliphatic carbocycles. The summed E-state index contributed by atoms with van der Waals surface area (Å²) in [7, 11) is 3.58. The highest BCUT2D eigenvalue weighted by Crippen LogP contribution is 2.26. The van der Waals surface area contributed by atoms with Gasteiger partial charge >= 0.3 is 0 Å². The van der Waals surface area contributed by atoms with Crippen LogP contribution in [0.15, 0.2) is 33.3 Å². The van der Waals surface area contributed by atoms with Gasteiger partial charge in [-0.15, -0.1) is 0 Å². The van der Waals surface area contributed by atoms with Crippen LogP contribution < -0.4 is 15.4 Å². The number of halogens is 1. The topological polar surface area (TPSA) is 93.8 Å². The summed E-state index contributed by atoms with van der Waals surface area (Å²) in [6.45, 7) is 4.16. The molecule has 2 heterocycles. The number of hydrazone groups is 1. The van der Waals surface area contributed by atoms with Crippen LogP contribution in [0.5, 0.6) is 5.75 Å². The monoisotopic (exact) mass is 434 g/mol. The fourth-order valence-corrected chi connectivity index (χ4v) is 3.96. The van der Waals surface area contributed by atoms with Crippen molar-refractivity contribution in [1.82, 2.24) is 15.6 Å². The van der Waals surface area contributed by atoms with Crippen molar-refractivity contribution in [3.63, 3.8) is 0 Å². The van der Waals surface area contributed by atoms with Crippen LogP contribution >= 0.6 is 11.6 Å². The molecule has 0 bridgehead atoms. The Labute approximate surface area is 183 Å². The average molecular weight is 435 g/mol. The number of aliphatic hydroxyl groups excluding tert-OH is 1. The summed E-state index contributed by atoms with van der Waals surface area (Å²) in [6.07, 6.45) is 2.66. The van der Waals surface area contributed by atoms with Crippen molar-refractivity contribution in [3.05, 3.63) is 28.8 Å². The molecule has 1 aromatic carbocycles. The van der Waals surface area contributed by atoms with E-state index in [1.54, 1.807) is 7.11 Å². The Morgan fingerprint density at radius 1 is 1.40 bits per heavy atom. The maximum Gasteiger partial charge on any atom is 0.137 e. The summed E-state index contributed by atoms with van der Waals surface area (Å²) in [5, 5.41) is 23.0. The normalized spacial score (nSPS) is 21.9. The van der Waals surface area contributed by atoms with E-state index in [9.17, 15) is 0 Å². The number of nitrogens with zero attached hydrogens (tertiary/aromatic N) is 4. The number of hydrogen-bond donors (Lipinski definition) is 3. The van der Waals surface area contributed by atoms with Gasteiger partial charge in [-0.25, -0.2) is 0 Å². The van der Waals surface area contributed by atoms with Crippen LogP contribution in [0.25, 0.3) is 0 Å². The first-order chi connectivity index (χ1) is 14.6. The number of amidine groups is 2. The Morgan fingerprint density at radius 2 is 2.23 bits per heavy atom. The molecule has 0 saturated heterocycles. The zero-order valence-corrected chi connectivity index (χ0v) is 18.6. The number of rotatable bonds is 10. The number of aliphatic hydroxyl groups is 1. The third kappa shape index (κ3) is 5.30. The molecule has 2 aliphatic rings. The molecule has 3 N–H and O–H groups in total. The van der Waals surface area contributed by atoms with E-state index in [0.717, 1.165) is 42.3 Å². The summed E-state index contributed by atoms with van der Waals surface area (Å²) in [6, 6.07) is 5.66. The van der Waals surface area contributed by atoms with Crippen molar-refractivity contribution in [2.45, 2.75) is 44.8 Å². The highest BCUT2D eigenvalue weighted by Gasteiger charge is 2.41. The van der Waals surface area contributed by atoms with Gasteiger partial charge in [-0.05, 0) is 37.1 Å². The number of aliphatic imine (C=N–C) groups is 2. The Balaban J connectivity index is 1.79. The Hall–Kier alpha value is -2.16. The minimum Gasteiger partial charge on any atom is -0.495 e. The molecule has 30 heavy (non-hydrogen) atoms. The van der Waals surface area contributed by atoms with Gasteiger partial charge in [0.2, 0.25) is 0 Å². The molecule has 0 fully saturated rings. The second-order valence-corrected chi connectivity index (χ2v) is 7.84. The lowest BCUT2D eigenvalue weighted by atomic mass is 9.99. The number of hydrogen-bond acceptors (Lipinski definition) is 7. The van der Waals surface area contributed by atoms with Crippen molar-refractivity contribution < 1.29 is 9.84 Å². The molecule has 0 aromatic heterocycles. The van der Waals surface area contributed by atoms with E-state index in [4.69, 9.17) is 36.5 Å². The number of benzene rings is 1. The molecule has 1 aromatic rings. The maximum absolute atomic E-state index is 8.98. The number of ether oxygens (including phenoxy) is 1. The summed E-state index contributed by atoms with van der Waals surface area (Å²) >= 11 is 6.26. The van der Waals surface area contributed by atoms with Crippen LogP contribution in [0.2, 0.25) is 5.02 Å². The van der Waals surface area contributed by atoms with Crippen LogP contribution in [-0.2, 0) is 6.54 Å². The number of nitrogens with one attached hydrogen (secondary N) is 2. The van der Waals surface area contributed by atoms with Crippen LogP contribution in [0.4, 0.5) is 0 Å². The van der Waals surface area contributed by atoms with Gasteiger partial charge in [0.1, 0.15) is 29.5 Å². The summed E-state index contributed by atoms with van der Waals surface area (Å²) in [5.41, 5.74) is 2.10. The SMILES string of the molecule is CCCC1=NN(C)C2C(=NCc3ccc(OC)c(Cl)c3)NC(CNCCCO)=NC12. The lowest BCUT2D eigenvalue weighted by Crippen LogP contribution is -2.56. The van der Waals surface area contributed by atoms with E-state index >= 15 is 0 Å². The zero-order valence-electron chi connectivity index (χ0n) is 17.9. The Bertz CT molecular complexity index is 826. The van der Waals surface area contributed by atoms with E-state index in [-0.39, 0.29) is 18.7 Å². The highest BCUT2D eigenvalue weighted by molar-refractivity contribution is 6.32. The number of likely N-dealkylation sites (N-methyl/N-ethyl adjacent to an activating group) is 1. The quantitative estimate of drug-likeness (QED) is 0.490. The predicted octanol–water partition coefficient (Wildman–Crippen LogP) is 2.06. The number of methoxy groups -OCH3 is 1. The van der Waals surface area contributed by atoms with Gasteiger partial charge in [-0.2, -0.15) is 5.10 Å². The Morgan fingerprint density at radius 3 is 2.93 bits per heavy atom. The second-order valence-electron chi connectivity index (χ2n) is 7.43. The van der Waals surface area contributed by atoms with E-state index in [2.05, 4.69) is 17.6 Å². The van der Waals surface area contributed by atoms with E-state index in [1.807, 2.05) is 30.3 Å². The Kier molecular flexibility index (Phi) is 8.07. The zero-order chi connectivity index (χ0) is 21.5. The minimum atomic E-state index is -0.0264. The van der Waals surface area contributed by atoms with Gasteiger partial charge in [0.05, 0.1) is 30.9 Å². The molecule has 2 unspecified atom stereocenters. The molecule has 8 nitrogen and oxygen atoms in total. The van der Waals surface area contributed by atoms with E-state index in [1.165, 1.54) is 0 Å². The molecule has 2 atom stereocenters. The summed E-state index contributed by atoms with van der Waals surface area (Å²) < 4.78 is 5.23. The average Bonchev–Trinajstić information content (AvgIpc) is 3.05. The molecule has 0 radical (unpaired) electrons. The molecule has 164 valence electrons. The first-order valence-electron chi connectivity index (χ1n) is 10.4. The first-order valence-corrected chi connectivity index (χ1v) is 10.8. The molecule has 3 rings (SSSR count). The molecule has 2 aliphatic heterocycles. The van der Waals surface area contributed by atoms with Crippen molar-refractivity contribution in [1.29, 1.82) is 0 Å².